The van der Waals surface area contributed by atoms with Crippen molar-refractivity contribution in [1.82, 2.24) is 0 Å². The monoisotopic (exact) mass is 418 g/mol. The van der Waals surface area contributed by atoms with Crippen molar-refractivity contribution in [3.63, 3.8) is 0 Å². The molecule has 0 spiro atoms. The van der Waals surface area contributed by atoms with Gasteiger partial charge in [0.2, 0.25) is 0 Å². The Bertz CT molecular complexity index is 1390. The Morgan fingerprint density at radius 3 is 2.71 bits per heavy atom. The summed E-state index contributed by atoms with van der Waals surface area (Å²) in [5.41, 5.74) is 7.57. The van der Waals surface area contributed by atoms with E-state index in [-0.39, 0.29) is 0 Å². The molecule has 31 heavy (non-hydrogen) atoms. The summed E-state index contributed by atoms with van der Waals surface area (Å²) in [6.07, 6.45) is 12.2. The molecule has 1 unspecified atom stereocenters. The van der Waals surface area contributed by atoms with Crippen LogP contribution in [0, 0.1) is 6.92 Å². The van der Waals surface area contributed by atoms with Crippen LogP contribution < -0.4 is 0 Å². The van der Waals surface area contributed by atoms with Crippen LogP contribution >= 0.6 is 11.3 Å². The quantitative estimate of drug-likeness (QED) is 0.290. The van der Waals surface area contributed by atoms with E-state index < -0.39 is 0 Å². The Balaban J connectivity index is 1.55. The molecule has 152 valence electrons. The van der Waals surface area contributed by atoms with Crippen molar-refractivity contribution >= 4 is 42.7 Å². The molecule has 0 N–H and O–H groups in total. The number of rotatable bonds is 4. The van der Waals surface area contributed by atoms with Crippen LogP contribution in [-0.4, -0.2) is 0 Å². The second-order valence-electron chi connectivity index (χ2n) is 8.24. The summed E-state index contributed by atoms with van der Waals surface area (Å²) in [5.74, 6) is 0.398. The number of allylic oxidation sites excluding steroid dienone is 7. The second kappa shape index (κ2) is 8.17. The number of hydrogen-bond donors (Lipinski definition) is 0. The maximum atomic E-state index is 4.20. The third-order valence-electron chi connectivity index (χ3n) is 6.18. The Hall–Kier alpha value is -3.16. The molecule has 0 saturated carbocycles. The molecule has 5 rings (SSSR count). The van der Waals surface area contributed by atoms with Crippen LogP contribution in [0.25, 0.3) is 31.3 Å². The van der Waals surface area contributed by atoms with Crippen molar-refractivity contribution in [2.45, 2.75) is 26.2 Å². The predicted octanol–water partition coefficient (Wildman–Crippen LogP) is 9.08. The molecule has 1 aliphatic rings. The SMILES string of the molecule is C=C(C=CC)c1ccc(C2=CC(c3cccc4c3sc3ccccc34)CC=C2)cc1C. The summed E-state index contributed by atoms with van der Waals surface area (Å²) in [6.45, 7) is 8.41. The van der Waals surface area contributed by atoms with Gasteiger partial charge in [-0.3, -0.25) is 0 Å². The highest BCUT2D eigenvalue weighted by Crippen LogP contribution is 2.41. The number of thiophene rings is 1. The second-order valence-corrected chi connectivity index (χ2v) is 9.30. The van der Waals surface area contributed by atoms with Gasteiger partial charge >= 0.3 is 0 Å². The molecule has 0 saturated heterocycles. The normalized spacial score (nSPS) is 16.3. The molecule has 3 aromatic carbocycles. The lowest BCUT2D eigenvalue weighted by Gasteiger charge is -2.19. The number of fused-ring (bicyclic) bond motifs is 3. The van der Waals surface area contributed by atoms with Crippen LogP contribution in [0.4, 0.5) is 0 Å². The maximum absolute atomic E-state index is 4.20. The molecular formula is C30H26S. The fourth-order valence-electron chi connectivity index (χ4n) is 4.65. The minimum atomic E-state index is 0.398. The van der Waals surface area contributed by atoms with Gasteiger partial charge in [0.15, 0.2) is 0 Å². The molecular weight excluding hydrogens is 392 g/mol. The smallest absolute Gasteiger partial charge is 0.0393 e. The van der Waals surface area contributed by atoms with Crippen LogP contribution in [0.15, 0.2) is 97.6 Å². The highest BCUT2D eigenvalue weighted by molar-refractivity contribution is 7.26. The zero-order chi connectivity index (χ0) is 21.4. The molecule has 0 radical (unpaired) electrons. The van der Waals surface area contributed by atoms with E-state index in [1.54, 1.807) is 0 Å². The van der Waals surface area contributed by atoms with Gasteiger partial charge in [0.25, 0.3) is 0 Å². The van der Waals surface area contributed by atoms with Gasteiger partial charge < -0.3 is 0 Å². The minimum absolute atomic E-state index is 0.398. The molecule has 1 aromatic heterocycles. The van der Waals surface area contributed by atoms with Crippen LogP contribution in [0.5, 0.6) is 0 Å². The van der Waals surface area contributed by atoms with E-state index in [0.717, 1.165) is 12.0 Å². The molecule has 0 amide bonds. The lowest BCUT2D eigenvalue weighted by atomic mass is 9.86. The largest absolute Gasteiger partial charge is 0.135 e. The average Bonchev–Trinajstić information content (AvgIpc) is 3.18. The van der Waals surface area contributed by atoms with Crippen molar-refractivity contribution in [1.29, 1.82) is 0 Å². The highest BCUT2D eigenvalue weighted by atomic mass is 32.1. The molecule has 1 aliphatic carbocycles. The Morgan fingerprint density at radius 1 is 1.03 bits per heavy atom. The van der Waals surface area contributed by atoms with Crippen LogP contribution in [0.2, 0.25) is 0 Å². The van der Waals surface area contributed by atoms with Crippen LogP contribution in [0.1, 0.15) is 41.5 Å². The molecule has 1 heterocycles. The van der Waals surface area contributed by atoms with E-state index in [9.17, 15) is 0 Å². The van der Waals surface area contributed by atoms with Gasteiger partial charge in [0.1, 0.15) is 0 Å². The van der Waals surface area contributed by atoms with Crippen molar-refractivity contribution in [2.75, 3.05) is 0 Å². The standard InChI is InChI=1S/C30H26S/c1-4-9-20(2)25-17-16-23(18-21(25)3)22-10-7-11-24(19-22)26-13-8-14-28-27-12-5-6-15-29(27)31-30(26)28/h4-10,12-19,24H,2,11H2,1,3H3. The highest BCUT2D eigenvalue weighted by Gasteiger charge is 2.18. The topological polar surface area (TPSA) is 0 Å². The number of benzene rings is 3. The lowest BCUT2D eigenvalue weighted by molar-refractivity contribution is 0.867. The fraction of sp³-hybridized carbons (Fsp3) is 0.133. The van der Waals surface area contributed by atoms with E-state index in [1.807, 2.05) is 24.3 Å². The Kier molecular flexibility index (Phi) is 5.21. The first kappa shape index (κ1) is 19.8. The van der Waals surface area contributed by atoms with Gasteiger partial charge in [0, 0.05) is 26.1 Å². The molecule has 0 fully saturated rings. The Labute approximate surface area is 188 Å². The summed E-state index contributed by atoms with van der Waals surface area (Å²) in [4.78, 5) is 0. The van der Waals surface area contributed by atoms with E-state index >= 15 is 0 Å². The zero-order valence-corrected chi connectivity index (χ0v) is 18.9. The third-order valence-corrected chi connectivity index (χ3v) is 7.41. The van der Waals surface area contributed by atoms with Crippen molar-refractivity contribution in [2.24, 2.45) is 0 Å². The van der Waals surface area contributed by atoms with Crippen LogP contribution in [0.3, 0.4) is 0 Å². The minimum Gasteiger partial charge on any atom is -0.135 e. The van der Waals surface area contributed by atoms with Crippen molar-refractivity contribution < 1.29 is 0 Å². The molecule has 1 heteroatoms. The van der Waals surface area contributed by atoms with E-state index in [0.29, 0.717) is 5.92 Å². The Morgan fingerprint density at radius 2 is 1.87 bits per heavy atom. The summed E-state index contributed by atoms with van der Waals surface area (Å²) >= 11 is 1.92. The number of hydrogen-bond acceptors (Lipinski definition) is 1. The van der Waals surface area contributed by atoms with Crippen molar-refractivity contribution in [3.8, 4) is 0 Å². The summed E-state index contributed by atoms with van der Waals surface area (Å²) in [7, 11) is 0. The first-order chi connectivity index (χ1) is 15.2. The van der Waals surface area contributed by atoms with Gasteiger partial charge in [-0.15, -0.1) is 11.3 Å². The third kappa shape index (κ3) is 3.60. The first-order valence-corrected chi connectivity index (χ1v) is 11.7. The van der Waals surface area contributed by atoms with Gasteiger partial charge in [-0.25, -0.2) is 0 Å². The van der Waals surface area contributed by atoms with Gasteiger partial charge in [-0.05, 0) is 59.7 Å². The lowest BCUT2D eigenvalue weighted by Crippen LogP contribution is -2.00. The molecule has 4 aromatic rings. The zero-order valence-electron chi connectivity index (χ0n) is 18.1. The van der Waals surface area contributed by atoms with Gasteiger partial charge in [0.05, 0.1) is 0 Å². The maximum Gasteiger partial charge on any atom is 0.0393 e. The molecule has 0 bridgehead atoms. The van der Waals surface area contributed by atoms with Crippen molar-refractivity contribution in [3.05, 3.63) is 120 Å². The average molecular weight is 419 g/mol. The molecule has 0 nitrogen and oxygen atoms in total. The molecule has 1 atom stereocenters. The van der Waals surface area contributed by atoms with Gasteiger partial charge in [-0.1, -0.05) is 91.6 Å². The van der Waals surface area contributed by atoms with E-state index in [2.05, 4.69) is 98.5 Å². The summed E-state index contributed by atoms with van der Waals surface area (Å²) in [5, 5.41) is 2.75. The van der Waals surface area contributed by atoms with Crippen LogP contribution in [-0.2, 0) is 0 Å². The number of aryl methyl sites for hydroxylation is 1. The van der Waals surface area contributed by atoms with Gasteiger partial charge in [-0.2, -0.15) is 0 Å². The van der Waals surface area contributed by atoms with E-state index in [4.69, 9.17) is 0 Å². The summed E-state index contributed by atoms with van der Waals surface area (Å²) < 4.78 is 2.79. The molecule has 0 aliphatic heterocycles. The first-order valence-electron chi connectivity index (χ1n) is 10.9. The summed E-state index contributed by atoms with van der Waals surface area (Å²) in [6, 6.07) is 22.3. The predicted molar refractivity (Wildman–Crippen MR) is 139 cm³/mol. The van der Waals surface area contributed by atoms with E-state index in [1.165, 1.54) is 48.0 Å². The fourth-order valence-corrected chi connectivity index (χ4v) is 5.93.